The molecule has 2 rings (SSSR count). The molecule has 0 amide bonds. The van der Waals surface area contributed by atoms with Gasteiger partial charge in [-0.25, -0.2) is 0 Å². The van der Waals surface area contributed by atoms with Crippen LogP contribution in [0.25, 0.3) is 11.3 Å². The maximum Gasteiger partial charge on any atom is 0.271 e. The first-order valence-electron chi connectivity index (χ1n) is 4.40. The van der Waals surface area contributed by atoms with E-state index in [-0.39, 0.29) is 16.5 Å². The van der Waals surface area contributed by atoms with Crippen molar-refractivity contribution < 1.29 is 10.0 Å². The Labute approximate surface area is 95.4 Å². The molecular weight excluding hydrogens is 232 g/mol. The second-order valence-corrected chi connectivity index (χ2v) is 3.57. The summed E-state index contributed by atoms with van der Waals surface area (Å²) in [7, 11) is 0. The van der Waals surface area contributed by atoms with Crippen LogP contribution in [0.15, 0.2) is 30.5 Å². The largest absolute Gasteiger partial charge is 0.506 e. The number of non-ortho nitro benzene ring substituents is 1. The van der Waals surface area contributed by atoms with Crippen LogP contribution in [0.2, 0.25) is 5.02 Å². The lowest BCUT2D eigenvalue weighted by atomic mass is 10.1. The Balaban J connectivity index is 2.65. The van der Waals surface area contributed by atoms with Crippen molar-refractivity contribution in [3.8, 4) is 17.0 Å². The van der Waals surface area contributed by atoms with E-state index in [0.29, 0.717) is 11.3 Å². The standard InChI is InChI=1S/C10H7ClN2O3/c11-8-5-6(13(15)16)4-7(10(8)14)9-2-1-3-12-9/h1-5,12,14H. The van der Waals surface area contributed by atoms with Crippen LogP contribution in [0, 0.1) is 10.1 Å². The van der Waals surface area contributed by atoms with E-state index in [4.69, 9.17) is 11.6 Å². The van der Waals surface area contributed by atoms with Crippen LogP contribution in [0.5, 0.6) is 5.75 Å². The topological polar surface area (TPSA) is 79.2 Å². The van der Waals surface area contributed by atoms with Crippen molar-refractivity contribution in [3.63, 3.8) is 0 Å². The third-order valence-corrected chi connectivity index (χ3v) is 2.44. The second kappa shape index (κ2) is 3.86. The molecule has 5 nitrogen and oxygen atoms in total. The molecule has 0 saturated carbocycles. The summed E-state index contributed by atoms with van der Waals surface area (Å²) in [5, 5.41) is 20.3. The van der Waals surface area contributed by atoms with Crippen LogP contribution >= 0.6 is 11.6 Å². The number of H-pyrrole nitrogens is 1. The molecule has 2 N–H and O–H groups in total. The predicted molar refractivity (Wildman–Crippen MR) is 59.6 cm³/mol. The van der Waals surface area contributed by atoms with E-state index in [1.54, 1.807) is 18.3 Å². The number of benzene rings is 1. The summed E-state index contributed by atoms with van der Waals surface area (Å²) < 4.78 is 0. The summed E-state index contributed by atoms with van der Waals surface area (Å²) >= 11 is 5.71. The summed E-state index contributed by atoms with van der Waals surface area (Å²) in [6, 6.07) is 5.80. The van der Waals surface area contributed by atoms with Crippen molar-refractivity contribution in [1.82, 2.24) is 4.98 Å². The zero-order valence-corrected chi connectivity index (χ0v) is 8.73. The molecule has 6 heteroatoms. The third kappa shape index (κ3) is 1.72. The minimum Gasteiger partial charge on any atom is -0.506 e. The zero-order valence-electron chi connectivity index (χ0n) is 7.98. The third-order valence-electron chi connectivity index (χ3n) is 2.15. The van der Waals surface area contributed by atoms with Crippen LogP contribution in [-0.2, 0) is 0 Å². The van der Waals surface area contributed by atoms with Gasteiger partial charge in [-0.1, -0.05) is 11.6 Å². The van der Waals surface area contributed by atoms with Gasteiger partial charge < -0.3 is 10.1 Å². The van der Waals surface area contributed by atoms with Gasteiger partial charge in [-0.3, -0.25) is 10.1 Å². The van der Waals surface area contributed by atoms with Gasteiger partial charge in [0, 0.05) is 29.6 Å². The Morgan fingerprint density at radius 1 is 1.44 bits per heavy atom. The average Bonchev–Trinajstić information content (AvgIpc) is 2.74. The fourth-order valence-corrected chi connectivity index (χ4v) is 1.61. The molecule has 0 aliphatic rings. The first-order valence-corrected chi connectivity index (χ1v) is 4.78. The Hall–Kier alpha value is -2.01. The lowest BCUT2D eigenvalue weighted by molar-refractivity contribution is -0.384. The van der Waals surface area contributed by atoms with Gasteiger partial charge in [0.05, 0.1) is 9.95 Å². The molecule has 1 heterocycles. The van der Waals surface area contributed by atoms with Gasteiger partial charge in [-0.2, -0.15) is 0 Å². The molecule has 0 aliphatic carbocycles. The van der Waals surface area contributed by atoms with E-state index in [0.717, 1.165) is 6.07 Å². The average molecular weight is 239 g/mol. The Bertz CT molecular complexity index is 537. The van der Waals surface area contributed by atoms with Crippen LogP contribution < -0.4 is 0 Å². The van der Waals surface area contributed by atoms with Crippen molar-refractivity contribution in [2.45, 2.75) is 0 Å². The summed E-state index contributed by atoms with van der Waals surface area (Å²) in [5.74, 6) is -0.172. The fourth-order valence-electron chi connectivity index (χ4n) is 1.39. The highest BCUT2D eigenvalue weighted by Crippen LogP contribution is 2.37. The number of phenols is 1. The molecule has 1 aromatic carbocycles. The number of phenolic OH excluding ortho intramolecular Hbond substituents is 1. The van der Waals surface area contributed by atoms with E-state index < -0.39 is 4.92 Å². The number of aromatic amines is 1. The smallest absolute Gasteiger partial charge is 0.271 e. The molecule has 1 aromatic heterocycles. The summed E-state index contributed by atoms with van der Waals surface area (Å²) in [6.07, 6.45) is 1.65. The number of nitrogens with zero attached hydrogens (tertiary/aromatic N) is 1. The quantitative estimate of drug-likeness (QED) is 0.624. The highest BCUT2D eigenvalue weighted by Gasteiger charge is 2.16. The van der Waals surface area contributed by atoms with Crippen molar-refractivity contribution in [1.29, 1.82) is 0 Å². The molecule has 16 heavy (non-hydrogen) atoms. The lowest BCUT2D eigenvalue weighted by Crippen LogP contribution is -1.90. The van der Waals surface area contributed by atoms with Crippen molar-refractivity contribution >= 4 is 17.3 Å². The summed E-state index contributed by atoms with van der Waals surface area (Å²) in [6.45, 7) is 0. The lowest BCUT2D eigenvalue weighted by Gasteiger charge is -2.04. The maximum atomic E-state index is 10.6. The number of nitro groups is 1. The van der Waals surface area contributed by atoms with Crippen molar-refractivity contribution in [2.24, 2.45) is 0 Å². The molecule has 2 aromatic rings. The molecule has 0 spiro atoms. The normalized spacial score (nSPS) is 10.3. The van der Waals surface area contributed by atoms with Gasteiger partial charge in [0.15, 0.2) is 0 Å². The first kappa shape index (κ1) is 10.5. The molecule has 0 fully saturated rings. The fraction of sp³-hybridized carbons (Fsp3) is 0. The maximum absolute atomic E-state index is 10.6. The van der Waals surface area contributed by atoms with E-state index in [2.05, 4.69) is 4.98 Å². The Morgan fingerprint density at radius 2 is 2.19 bits per heavy atom. The SMILES string of the molecule is O=[N+]([O-])c1cc(Cl)c(O)c(-c2ccc[nH]2)c1. The number of nitro benzene ring substituents is 1. The van der Waals surface area contributed by atoms with E-state index in [1.165, 1.54) is 6.07 Å². The number of hydrogen-bond acceptors (Lipinski definition) is 3. The minimum absolute atomic E-state index is 0.0428. The number of halogens is 1. The molecule has 0 atom stereocenters. The van der Waals surface area contributed by atoms with Gasteiger partial charge in [0.2, 0.25) is 0 Å². The number of aromatic nitrogens is 1. The van der Waals surface area contributed by atoms with E-state index in [9.17, 15) is 15.2 Å². The second-order valence-electron chi connectivity index (χ2n) is 3.16. The van der Waals surface area contributed by atoms with Crippen LogP contribution in [0.3, 0.4) is 0 Å². The van der Waals surface area contributed by atoms with Crippen molar-refractivity contribution in [2.75, 3.05) is 0 Å². The molecular formula is C10H7ClN2O3. The molecule has 0 radical (unpaired) electrons. The minimum atomic E-state index is -0.558. The Kier molecular flexibility index (Phi) is 2.54. The van der Waals surface area contributed by atoms with Gasteiger partial charge in [0.1, 0.15) is 5.75 Å². The zero-order chi connectivity index (χ0) is 11.7. The highest BCUT2D eigenvalue weighted by molar-refractivity contribution is 6.32. The Morgan fingerprint density at radius 3 is 2.75 bits per heavy atom. The van der Waals surface area contributed by atoms with Gasteiger partial charge in [0.25, 0.3) is 5.69 Å². The number of hydrogen-bond donors (Lipinski definition) is 2. The molecule has 0 saturated heterocycles. The van der Waals surface area contributed by atoms with Crippen LogP contribution in [0.4, 0.5) is 5.69 Å². The number of rotatable bonds is 2. The predicted octanol–water partition coefficient (Wildman–Crippen LogP) is 2.95. The van der Waals surface area contributed by atoms with E-state index >= 15 is 0 Å². The highest BCUT2D eigenvalue weighted by atomic mass is 35.5. The molecule has 0 unspecified atom stereocenters. The van der Waals surface area contributed by atoms with Crippen molar-refractivity contribution in [3.05, 3.63) is 45.6 Å². The van der Waals surface area contributed by atoms with Crippen LogP contribution in [0.1, 0.15) is 0 Å². The molecule has 0 bridgehead atoms. The summed E-state index contributed by atoms with van der Waals surface area (Å²) in [4.78, 5) is 12.9. The molecule has 82 valence electrons. The van der Waals surface area contributed by atoms with Crippen LogP contribution in [-0.4, -0.2) is 15.0 Å². The monoisotopic (exact) mass is 238 g/mol. The first-order chi connectivity index (χ1) is 7.59. The summed E-state index contributed by atoms with van der Waals surface area (Å²) in [5.41, 5.74) is 0.722. The van der Waals surface area contributed by atoms with E-state index in [1.807, 2.05) is 0 Å². The van der Waals surface area contributed by atoms with Gasteiger partial charge in [-0.15, -0.1) is 0 Å². The number of nitrogens with one attached hydrogen (secondary N) is 1. The number of aromatic hydroxyl groups is 1. The van der Waals surface area contributed by atoms with Gasteiger partial charge in [-0.05, 0) is 12.1 Å². The molecule has 0 aliphatic heterocycles. The van der Waals surface area contributed by atoms with Gasteiger partial charge >= 0.3 is 0 Å².